The summed E-state index contributed by atoms with van der Waals surface area (Å²) in [7, 11) is 1.56. The Labute approximate surface area is 129 Å². The maximum absolute atomic E-state index is 12.2. The molecule has 0 bridgehead atoms. The minimum atomic E-state index is -0.0845. The fourth-order valence-corrected chi connectivity index (χ4v) is 2.63. The lowest BCUT2D eigenvalue weighted by Gasteiger charge is -2.30. The number of halogens is 1. The van der Waals surface area contributed by atoms with E-state index in [2.05, 4.69) is 5.32 Å². The third kappa shape index (κ3) is 3.88. The predicted octanol–water partition coefficient (Wildman–Crippen LogP) is 2.55. The molecule has 1 fully saturated rings. The smallest absolute Gasteiger partial charge is 0.227 e. The molecule has 5 nitrogen and oxygen atoms in total. The minimum absolute atomic E-state index is 0.0507. The zero-order valence-corrected chi connectivity index (χ0v) is 12.9. The normalized spacial score (nSPS) is 15.7. The van der Waals surface area contributed by atoms with Crippen molar-refractivity contribution < 1.29 is 14.3 Å². The fraction of sp³-hybridized carbons (Fsp3) is 0.467. The number of anilines is 1. The number of ether oxygens (including phenoxy) is 1. The van der Waals surface area contributed by atoms with Crippen molar-refractivity contribution in [2.45, 2.75) is 19.8 Å². The molecule has 1 aromatic rings. The van der Waals surface area contributed by atoms with E-state index in [-0.39, 0.29) is 17.7 Å². The monoisotopic (exact) mass is 310 g/mol. The van der Waals surface area contributed by atoms with Crippen LogP contribution in [-0.4, -0.2) is 36.9 Å². The highest BCUT2D eigenvalue weighted by molar-refractivity contribution is 6.33. The summed E-state index contributed by atoms with van der Waals surface area (Å²) in [6.45, 7) is 2.81. The Hall–Kier alpha value is -1.75. The third-order valence-electron chi connectivity index (χ3n) is 3.75. The zero-order valence-electron chi connectivity index (χ0n) is 12.2. The van der Waals surface area contributed by atoms with Gasteiger partial charge in [0.05, 0.1) is 17.8 Å². The van der Waals surface area contributed by atoms with Gasteiger partial charge in [0.1, 0.15) is 5.75 Å². The van der Waals surface area contributed by atoms with E-state index in [9.17, 15) is 9.59 Å². The Balaban J connectivity index is 1.95. The van der Waals surface area contributed by atoms with Crippen LogP contribution in [-0.2, 0) is 9.59 Å². The first-order valence-electron chi connectivity index (χ1n) is 6.91. The Morgan fingerprint density at radius 2 is 2.00 bits per heavy atom. The quantitative estimate of drug-likeness (QED) is 0.933. The maximum Gasteiger partial charge on any atom is 0.227 e. The number of nitrogens with one attached hydrogen (secondary N) is 1. The zero-order chi connectivity index (χ0) is 15.4. The summed E-state index contributed by atoms with van der Waals surface area (Å²) in [5.74, 6) is 0.573. The van der Waals surface area contributed by atoms with E-state index in [1.54, 1.807) is 37.1 Å². The summed E-state index contributed by atoms with van der Waals surface area (Å²) in [6, 6.07) is 5.14. The summed E-state index contributed by atoms with van der Waals surface area (Å²) in [5.41, 5.74) is 0.580. The van der Waals surface area contributed by atoms with Crippen LogP contribution in [0.15, 0.2) is 18.2 Å². The van der Waals surface area contributed by atoms with Crippen LogP contribution >= 0.6 is 11.6 Å². The highest BCUT2D eigenvalue weighted by Gasteiger charge is 2.26. The number of likely N-dealkylation sites (tertiary alicyclic amines) is 1. The standard InChI is InChI=1S/C15H19ClN2O3/c1-10(19)18-7-5-11(6-8-18)15(20)17-14-4-3-12(21-2)9-13(14)16/h3-4,9,11H,5-8H2,1-2H3,(H,17,20). The van der Waals surface area contributed by atoms with Crippen molar-refractivity contribution in [1.29, 1.82) is 0 Å². The molecular weight excluding hydrogens is 292 g/mol. The summed E-state index contributed by atoms with van der Waals surface area (Å²) in [6.07, 6.45) is 1.36. The third-order valence-corrected chi connectivity index (χ3v) is 4.06. The predicted molar refractivity (Wildman–Crippen MR) is 81.6 cm³/mol. The first-order chi connectivity index (χ1) is 10.0. The van der Waals surface area contributed by atoms with Crippen molar-refractivity contribution in [3.8, 4) is 5.75 Å². The van der Waals surface area contributed by atoms with E-state index in [0.29, 0.717) is 42.4 Å². The van der Waals surface area contributed by atoms with Gasteiger partial charge in [0, 0.05) is 32.0 Å². The molecule has 0 aromatic heterocycles. The molecule has 1 aliphatic rings. The highest BCUT2D eigenvalue weighted by atomic mass is 35.5. The number of carbonyl (C=O) groups is 2. The van der Waals surface area contributed by atoms with Gasteiger partial charge in [0.15, 0.2) is 0 Å². The van der Waals surface area contributed by atoms with Crippen molar-refractivity contribution in [3.05, 3.63) is 23.2 Å². The number of benzene rings is 1. The summed E-state index contributed by atoms with van der Waals surface area (Å²) < 4.78 is 5.07. The van der Waals surface area contributed by atoms with Crippen molar-refractivity contribution in [2.24, 2.45) is 5.92 Å². The second-order valence-electron chi connectivity index (χ2n) is 5.12. The van der Waals surface area contributed by atoms with Crippen LogP contribution in [0.25, 0.3) is 0 Å². The van der Waals surface area contributed by atoms with Crippen LogP contribution in [0.4, 0.5) is 5.69 Å². The molecule has 0 radical (unpaired) electrons. The summed E-state index contributed by atoms with van der Waals surface area (Å²) >= 11 is 6.11. The molecule has 2 amide bonds. The molecule has 0 atom stereocenters. The molecule has 6 heteroatoms. The Morgan fingerprint density at radius 3 is 2.52 bits per heavy atom. The summed E-state index contributed by atoms with van der Waals surface area (Å²) in [5, 5.41) is 3.29. The van der Waals surface area contributed by atoms with Crippen LogP contribution in [0.1, 0.15) is 19.8 Å². The largest absolute Gasteiger partial charge is 0.497 e. The number of nitrogens with zero attached hydrogens (tertiary/aromatic N) is 1. The molecule has 1 heterocycles. The number of carbonyl (C=O) groups excluding carboxylic acids is 2. The number of amides is 2. The lowest BCUT2D eigenvalue weighted by molar-refractivity contribution is -0.132. The summed E-state index contributed by atoms with van der Waals surface area (Å²) in [4.78, 5) is 25.3. The molecule has 1 aliphatic heterocycles. The first kappa shape index (κ1) is 15.6. The second-order valence-corrected chi connectivity index (χ2v) is 5.52. The molecule has 0 aliphatic carbocycles. The SMILES string of the molecule is COc1ccc(NC(=O)C2CCN(C(C)=O)CC2)c(Cl)c1. The van der Waals surface area contributed by atoms with E-state index in [1.165, 1.54) is 0 Å². The number of rotatable bonds is 3. The van der Waals surface area contributed by atoms with E-state index in [4.69, 9.17) is 16.3 Å². The topological polar surface area (TPSA) is 58.6 Å². The van der Waals surface area contributed by atoms with Crippen LogP contribution in [0, 0.1) is 5.92 Å². The molecule has 0 spiro atoms. The first-order valence-corrected chi connectivity index (χ1v) is 7.29. The number of hydrogen-bond acceptors (Lipinski definition) is 3. The van der Waals surface area contributed by atoms with Gasteiger partial charge in [-0.3, -0.25) is 9.59 Å². The molecule has 2 rings (SSSR count). The molecule has 0 unspecified atom stereocenters. The second kappa shape index (κ2) is 6.80. The van der Waals surface area contributed by atoms with E-state index < -0.39 is 0 Å². The van der Waals surface area contributed by atoms with Crippen LogP contribution in [0.3, 0.4) is 0 Å². The Morgan fingerprint density at radius 1 is 1.33 bits per heavy atom. The molecule has 1 saturated heterocycles. The van der Waals surface area contributed by atoms with Gasteiger partial charge >= 0.3 is 0 Å². The van der Waals surface area contributed by atoms with E-state index in [1.807, 2.05) is 0 Å². The number of piperidine rings is 1. The van der Waals surface area contributed by atoms with Crippen LogP contribution in [0.2, 0.25) is 5.02 Å². The Kier molecular flexibility index (Phi) is 5.07. The van der Waals surface area contributed by atoms with Crippen molar-refractivity contribution in [3.63, 3.8) is 0 Å². The van der Waals surface area contributed by atoms with Gasteiger partial charge in [0.25, 0.3) is 0 Å². The van der Waals surface area contributed by atoms with Crippen LogP contribution in [0.5, 0.6) is 5.75 Å². The molecule has 1 N–H and O–H groups in total. The van der Waals surface area contributed by atoms with E-state index in [0.717, 1.165) is 0 Å². The van der Waals surface area contributed by atoms with Crippen molar-refractivity contribution in [2.75, 3.05) is 25.5 Å². The van der Waals surface area contributed by atoms with Crippen LogP contribution < -0.4 is 10.1 Å². The maximum atomic E-state index is 12.2. The molecule has 21 heavy (non-hydrogen) atoms. The van der Waals surface area contributed by atoms with Crippen molar-refractivity contribution >= 4 is 29.1 Å². The Bertz CT molecular complexity index is 540. The fourth-order valence-electron chi connectivity index (χ4n) is 2.42. The van der Waals surface area contributed by atoms with Gasteiger partial charge in [-0.15, -0.1) is 0 Å². The highest BCUT2D eigenvalue weighted by Crippen LogP contribution is 2.28. The van der Waals surface area contributed by atoms with Gasteiger partial charge in [0.2, 0.25) is 11.8 Å². The van der Waals surface area contributed by atoms with Gasteiger partial charge < -0.3 is 15.0 Å². The van der Waals surface area contributed by atoms with Gasteiger partial charge in [-0.05, 0) is 25.0 Å². The van der Waals surface area contributed by atoms with Gasteiger partial charge in [-0.2, -0.15) is 0 Å². The van der Waals surface area contributed by atoms with Crippen molar-refractivity contribution in [1.82, 2.24) is 4.90 Å². The lowest BCUT2D eigenvalue weighted by Crippen LogP contribution is -2.40. The number of methoxy groups -OCH3 is 1. The molecule has 114 valence electrons. The molecular formula is C15H19ClN2O3. The van der Waals surface area contributed by atoms with E-state index >= 15 is 0 Å². The molecule has 0 saturated carbocycles. The minimum Gasteiger partial charge on any atom is -0.497 e. The average molecular weight is 311 g/mol. The number of hydrogen-bond donors (Lipinski definition) is 1. The lowest BCUT2D eigenvalue weighted by atomic mass is 9.96. The van der Waals surface area contributed by atoms with Gasteiger partial charge in [-0.1, -0.05) is 11.6 Å². The molecule has 1 aromatic carbocycles. The average Bonchev–Trinajstić information content (AvgIpc) is 2.49. The van der Waals surface area contributed by atoms with Gasteiger partial charge in [-0.25, -0.2) is 0 Å².